The van der Waals surface area contributed by atoms with E-state index in [-0.39, 0.29) is 18.4 Å². The molecule has 6 heteroatoms. The van der Waals surface area contributed by atoms with Gasteiger partial charge in [0.1, 0.15) is 0 Å². The van der Waals surface area contributed by atoms with Crippen LogP contribution in [0.25, 0.3) is 0 Å². The van der Waals surface area contributed by atoms with Gasteiger partial charge in [-0.1, -0.05) is 24.3 Å². The van der Waals surface area contributed by atoms with Gasteiger partial charge in [-0.3, -0.25) is 9.59 Å². The largest absolute Gasteiger partial charge is 0.493 e. The summed E-state index contributed by atoms with van der Waals surface area (Å²) >= 11 is 0. The van der Waals surface area contributed by atoms with Gasteiger partial charge >= 0.3 is 0 Å². The van der Waals surface area contributed by atoms with Crippen LogP contribution in [-0.2, 0) is 4.79 Å². The average Bonchev–Trinajstić information content (AvgIpc) is 2.60. The van der Waals surface area contributed by atoms with Gasteiger partial charge in [-0.2, -0.15) is 0 Å². The van der Waals surface area contributed by atoms with Crippen LogP contribution in [0, 0.1) is 0 Å². The zero-order valence-electron chi connectivity index (χ0n) is 13.9. The number of rotatable bonds is 6. The number of anilines is 1. The summed E-state index contributed by atoms with van der Waals surface area (Å²) in [6, 6.07) is 13.9. The first kappa shape index (κ1) is 17.3. The Bertz CT molecular complexity index is 728. The molecule has 126 valence electrons. The average molecular weight is 328 g/mol. The van der Waals surface area contributed by atoms with E-state index in [2.05, 4.69) is 5.32 Å². The van der Waals surface area contributed by atoms with Gasteiger partial charge in [0.05, 0.1) is 18.4 Å². The van der Waals surface area contributed by atoms with Crippen molar-refractivity contribution in [2.24, 2.45) is 0 Å². The van der Waals surface area contributed by atoms with Crippen LogP contribution in [0.5, 0.6) is 11.5 Å². The van der Waals surface area contributed by atoms with Gasteiger partial charge in [0.2, 0.25) is 0 Å². The Morgan fingerprint density at radius 1 is 1.00 bits per heavy atom. The summed E-state index contributed by atoms with van der Waals surface area (Å²) < 4.78 is 10.6. The molecule has 2 amide bonds. The van der Waals surface area contributed by atoms with E-state index < -0.39 is 0 Å². The van der Waals surface area contributed by atoms with E-state index in [1.807, 2.05) is 6.07 Å². The highest BCUT2D eigenvalue weighted by atomic mass is 16.5. The van der Waals surface area contributed by atoms with E-state index in [1.54, 1.807) is 56.6 Å². The predicted octanol–water partition coefficient (Wildman–Crippen LogP) is 2.41. The molecule has 0 unspecified atom stereocenters. The Labute approximate surface area is 141 Å². The number of hydrogen-bond acceptors (Lipinski definition) is 4. The molecule has 0 aromatic heterocycles. The van der Waals surface area contributed by atoms with Crippen molar-refractivity contribution in [2.75, 3.05) is 33.1 Å². The van der Waals surface area contributed by atoms with Crippen LogP contribution in [-0.4, -0.2) is 44.5 Å². The van der Waals surface area contributed by atoms with Crippen LogP contribution in [0.4, 0.5) is 5.69 Å². The van der Waals surface area contributed by atoms with Crippen molar-refractivity contribution < 1.29 is 19.1 Å². The maximum atomic E-state index is 12.1. The molecule has 2 rings (SSSR count). The molecule has 2 aromatic rings. The number of ether oxygens (including phenoxy) is 2. The number of nitrogens with zero attached hydrogens (tertiary/aromatic N) is 1. The molecule has 2 aromatic carbocycles. The summed E-state index contributed by atoms with van der Waals surface area (Å²) in [4.78, 5) is 25.7. The molecule has 0 heterocycles. The second-order valence-corrected chi connectivity index (χ2v) is 5.23. The first-order valence-corrected chi connectivity index (χ1v) is 7.39. The predicted molar refractivity (Wildman–Crippen MR) is 91.6 cm³/mol. The summed E-state index contributed by atoms with van der Waals surface area (Å²) in [7, 11) is 4.85. The van der Waals surface area contributed by atoms with Crippen LogP contribution in [0.3, 0.4) is 0 Å². The Morgan fingerprint density at radius 3 is 2.29 bits per heavy atom. The Hall–Kier alpha value is -3.02. The maximum Gasteiger partial charge on any atom is 0.262 e. The van der Waals surface area contributed by atoms with Gasteiger partial charge in [-0.15, -0.1) is 0 Å². The zero-order valence-corrected chi connectivity index (χ0v) is 13.9. The van der Waals surface area contributed by atoms with E-state index in [1.165, 1.54) is 12.0 Å². The summed E-state index contributed by atoms with van der Waals surface area (Å²) in [5, 5.41) is 2.70. The van der Waals surface area contributed by atoms with E-state index >= 15 is 0 Å². The third-order valence-corrected chi connectivity index (χ3v) is 3.27. The lowest BCUT2D eigenvalue weighted by molar-refractivity contribution is -0.118. The number of benzene rings is 2. The van der Waals surface area contributed by atoms with E-state index in [0.29, 0.717) is 22.7 Å². The second kappa shape index (κ2) is 8.01. The molecule has 6 nitrogen and oxygen atoms in total. The molecule has 0 bridgehead atoms. The number of methoxy groups -OCH3 is 1. The third kappa shape index (κ3) is 4.25. The van der Waals surface area contributed by atoms with E-state index in [4.69, 9.17) is 9.47 Å². The lowest BCUT2D eigenvalue weighted by Crippen LogP contribution is -2.25. The standard InChI is InChI=1S/C18H20N2O4/c1-20(2)18(22)13-8-4-5-9-14(13)19-17(21)12-24-16-11-7-6-10-15(16)23-3/h4-11H,12H2,1-3H3,(H,19,21). The normalized spacial score (nSPS) is 9.96. The van der Waals surface area contributed by atoms with E-state index in [0.717, 1.165) is 0 Å². The van der Waals surface area contributed by atoms with Crippen LogP contribution >= 0.6 is 0 Å². The zero-order chi connectivity index (χ0) is 17.5. The number of amides is 2. The first-order chi connectivity index (χ1) is 11.5. The van der Waals surface area contributed by atoms with Crippen molar-refractivity contribution in [3.8, 4) is 11.5 Å². The van der Waals surface area contributed by atoms with Crippen molar-refractivity contribution in [3.05, 3.63) is 54.1 Å². The number of para-hydroxylation sites is 3. The Kier molecular flexibility index (Phi) is 5.78. The summed E-state index contributed by atoms with van der Waals surface area (Å²) in [6.45, 7) is -0.190. The maximum absolute atomic E-state index is 12.1. The molecule has 0 fully saturated rings. The Balaban J connectivity index is 2.04. The fraction of sp³-hybridized carbons (Fsp3) is 0.222. The van der Waals surface area contributed by atoms with Gasteiger partial charge in [0, 0.05) is 14.1 Å². The molecule has 0 spiro atoms. The van der Waals surface area contributed by atoms with E-state index in [9.17, 15) is 9.59 Å². The fourth-order valence-electron chi connectivity index (χ4n) is 2.09. The highest BCUT2D eigenvalue weighted by molar-refractivity contribution is 6.03. The summed E-state index contributed by atoms with van der Waals surface area (Å²) in [5.74, 6) is 0.484. The minimum absolute atomic E-state index is 0.184. The van der Waals surface area contributed by atoms with Crippen LogP contribution in [0.2, 0.25) is 0 Å². The van der Waals surface area contributed by atoms with Crippen molar-refractivity contribution >= 4 is 17.5 Å². The monoisotopic (exact) mass is 328 g/mol. The molecule has 24 heavy (non-hydrogen) atoms. The second-order valence-electron chi connectivity index (χ2n) is 5.23. The lowest BCUT2D eigenvalue weighted by atomic mass is 10.1. The fourth-order valence-corrected chi connectivity index (χ4v) is 2.09. The smallest absolute Gasteiger partial charge is 0.262 e. The molecule has 0 saturated heterocycles. The van der Waals surface area contributed by atoms with Crippen molar-refractivity contribution in [1.82, 2.24) is 4.90 Å². The van der Waals surface area contributed by atoms with Gasteiger partial charge in [0.15, 0.2) is 18.1 Å². The highest BCUT2D eigenvalue weighted by Gasteiger charge is 2.15. The number of nitrogens with one attached hydrogen (secondary N) is 1. The van der Waals surface area contributed by atoms with Crippen molar-refractivity contribution in [3.63, 3.8) is 0 Å². The van der Waals surface area contributed by atoms with Crippen LogP contribution in [0.15, 0.2) is 48.5 Å². The minimum Gasteiger partial charge on any atom is -0.493 e. The quantitative estimate of drug-likeness (QED) is 0.884. The van der Waals surface area contributed by atoms with Crippen LogP contribution < -0.4 is 14.8 Å². The molecule has 0 aliphatic heterocycles. The molecule has 0 aliphatic carbocycles. The molecule has 0 atom stereocenters. The number of carbonyl (C=O) groups excluding carboxylic acids is 2. The number of hydrogen-bond donors (Lipinski definition) is 1. The van der Waals surface area contributed by atoms with Gasteiger partial charge < -0.3 is 19.7 Å². The third-order valence-electron chi connectivity index (χ3n) is 3.27. The molecule has 0 aliphatic rings. The number of carbonyl (C=O) groups is 2. The molecular formula is C18H20N2O4. The topological polar surface area (TPSA) is 67.9 Å². The highest BCUT2D eigenvalue weighted by Crippen LogP contribution is 2.25. The SMILES string of the molecule is COc1ccccc1OCC(=O)Nc1ccccc1C(=O)N(C)C. The van der Waals surface area contributed by atoms with Gasteiger partial charge in [-0.05, 0) is 24.3 Å². The Morgan fingerprint density at radius 2 is 1.62 bits per heavy atom. The van der Waals surface area contributed by atoms with Gasteiger partial charge in [0.25, 0.3) is 11.8 Å². The molecule has 1 N–H and O–H groups in total. The summed E-state index contributed by atoms with van der Waals surface area (Å²) in [5.41, 5.74) is 0.873. The van der Waals surface area contributed by atoms with Gasteiger partial charge in [-0.25, -0.2) is 0 Å². The van der Waals surface area contributed by atoms with Crippen molar-refractivity contribution in [2.45, 2.75) is 0 Å². The molecule has 0 saturated carbocycles. The molecular weight excluding hydrogens is 308 g/mol. The van der Waals surface area contributed by atoms with Crippen LogP contribution in [0.1, 0.15) is 10.4 Å². The molecule has 0 radical (unpaired) electrons. The first-order valence-electron chi connectivity index (χ1n) is 7.39. The minimum atomic E-state index is -0.361. The lowest BCUT2D eigenvalue weighted by Gasteiger charge is -2.15. The van der Waals surface area contributed by atoms with Crippen molar-refractivity contribution in [1.29, 1.82) is 0 Å². The summed E-state index contributed by atoms with van der Waals surface area (Å²) in [6.07, 6.45) is 0.